The Bertz CT molecular complexity index is 450. The molecule has 104 valence electrons. The lowest BCUT2D eigenvalue weighted by Gasteiger charge is -2.37. The van der Waals surface area contributed by atoms with Crippen LogP contribution < -0.4 is 10.6 Å². The highest BCUT2D eigenvalue weighted by atomic mass is 16.5. The quantitative estimate of drug-likeness (QED) is 0.844. The first-order valence-electron chi connectivity index (χ1n) is 6.55. The van der Waals surface area contributed by atoms with E-state index in [9.17, 15) is 9.90 Å². The molecule has 1 aromatic carbocycles. The summed E-state index contributed by atoms with van der Waals surface area (Å²) in [5.41, 5.74) is 7.13. The number of nitrogens with zero attached hydrogens (tertiary/aromatic N) is 1. The van der Waals surface area contributed by atoms with E-state index in [-0.39, 0.29) is 0 Å². The summed E-state index contributed by atoms with van der Waals surface area (Å²) in [7, 11) is 0. The molecular weight excluding hydrogens is 244 g/mol. The Labute approximate surface area is 113 Å². The van der Waals surface area contributed by atoms with Crippen LogP contribution >= 0.6 is 0 Å². The molecule has 0 radical (unpaired) electrons. The first-order valence-corrected chi connectivity index (χ1v) is 6.55. The van der Waals surface area contributed by atoms with Gasteiger partial charge in [-0.05, 0) is 12.5 Å². The molecule has 1 aromatic rings. The van der Waals surface area contributed by atoms with Crippen LogP contribution in [0.5, 0.6) is 0 Å². The summed E-state index contributed by atoms with van der Waals surface area (Å²) in [5.74, 6) is -0.402. The van der Waals surface area contributed by atoms with Crippen LogP contribution in [0.25, 0.3) is 0 Å². The van der Waals surface area contributed by atoms with Gasteiger partial charge in [-0.15, -0.1) is 0 Å². The van der Waals surface area contributed by atoms with Gasteiger partial charge in [0, 0.05) is 17.8 Å². The highest BCUT2D eigenvalue weighted by Crippen LogP contribution is 2.30. The molecule has 19 heavy (non-hydrogen) atoms. The standard InChI is InChI=1S/C14H20N2O3/c1-2-13(17)10-5-3-4-6-11(10)16-7-8-19-9-12(16)14(15)18/h3-6,12-13,17H,2,7-9H2,1H3,(H2,15,18). The fraction of sp³-hybridized carbons (Fsp3) is 0.500. The Hall–Kier alpha value is -1.59. The number of carbonyl (C=O) groups is 1. The number of para-hydroxylation sites is 1. The van der Waals surface area contributed by atoms with Gasteiger partial charge < -0.3 is 20.5 Å². The number of rotatable bonds is 4. The van der Waals surface area contributed by atoms with Crippen LogP contribution in [-0.4, -0.2) is 36.8 Å². The highest BCUT2D eigenvalue weighted by Gasteiger charge is 2.29. The van der Waals surface area contributed by atoms with Gasteiger partial charge in [0.15, 0.2) is 0 Å². The molecule has 2 unspecified atom stereocenters. The molecule has 1 heterocycles. The average molecular weight is 264 g/mol. The lowest BCUT2D eigenvalue weighted by Crippen LogP contribution is -2.53. The van der Waals surface area contributed by atoms with Gasteiger partial charge in [-0.25, -0.2) is 0 Å². The minimum absolute atomic E-state index is 0.298. The van der Waals surface area contributed by atoms with Crippen LogP contribution in [0.3, 0.4) is 0 Å². The van der Waals surface area contributed by atoms with Gasteiger partial charge in [-0.2, -0.15) is 0 Å². The van der Waals surface area contributed by atoms with Gasteiger partial charge in [-0.1, -0.05) is 25.1 Å². The number of benzene rings is 1. The average Bonchev–Trinajstić information content (AvgIpc) is 2.46. The third kappa shape index (κ3) is 2.88. The normalized spacial score (nSPS) is 21.2. The lowest BCUT2D eigenvalue weighted by atomic mass is 10.0. The third-order valence-corrected chi connectivity index (χ3v) is 3.45. The zero-order valence-corrected chi connectivity index (χ0v) is 11.1. The van der Waals surface area contributed by atoms with E-state index < -0.39 is 18.1 Å². The van der Waals surface area contributed by atoms with E-state index in [4.69, 9.17) is 10.5 Å². The molecule has 1 amide bonds. The number of morpholine rings is 1. The topological polar surface area (TPSA) is 75.8 Å². The van der Waals surface area contributed by atoms with E-state index >= 15 is 0 Å². The van der Waals surface area contributed by atoms with Gasteiger partial charge in [0.05, 0.1) is 19.3 Å². The van der Waals surface area contributed by atoms with Crippen LogP contribution in [-0.2, 0) is 9.53 Å². The highest BCUT2D eigenvalue weighted by molar-refractivity contribution is 5.84. The molecule has 0 aromatic heterocycles. The van der Waals surface area contributed by atoms with Crippen molar-refractivity contribution in [2.24, 2.45) is 5.73 Å². The summed E-state index contributed by atoms with van der Waals surface area (Å²) in [6.45, 7) is 3.37. The van der Waals surface area contributed by atoms with Crippen molar-refractivity contribution in [3.05, 3.63) is 29.8 Å². The maximum atomic E-state index is 11.5. The maximum absolute atomic E-state index is 11.5. The van der Waals surface area contributed by atoms with Crippen LogP contribution in [0.15, 0.2) is 24.3 Å². The summed E-state index contributed by atoms with van der Waals surface area (Å²) >= 11 is 0. The van der Waals surface area contributed by atoms with Crippen molar-refractivity contribution in [2.45, 2.75) is 25.5 Å². The molecule has 1 saturated heterocycles. The van der Waals surface area contributed by atoms with Gasteiger partial charge in [0.25, 0.3) is 0 Å². The molecule has 1 aliphatic heterocycles. The number of primary amides is 1. The second kappa shape index (κ2) is 6.04. The third-order valence-electron chi connectivity index (χ3n) is 3.45. The minimum atomic E-state index is -0.535. The van der Waals surface area contributed by atoms with Crippen LogP contribution in [0.2, 0.25) is 0 Å². The van der Waals surface area contributed by atoms with Gasteiger partial charge in [0.2, 0.25) is 5.91 Å². The Balaban J connectivity index is 2.36. The van der Waals surface area contributed by atoms with Crippen LogP contribution in [0, 0.1) is 0 Å². The minimum Gasteiger partial charge on any atom is -0.388 e. The van der Waals surface area contributed by atoms with E-state index in [1.165, 1.54) is 0 Å². The second-order valence-corrected chi connectivity index (χ2v) is 4.67. The zero-order chi connectivity index (χ0) is 13.8. The Kier molecular flexibility index (Phi) is 4.39. The number of hydrogen-bond acceptors (Lipinski definition) is 4. The summed E-state index contributed by atoms with van der Waals surface area (Å²) < 4.78 is 5.32. The fourth-order valence-corrected chi connectivity index (χ4v) is 2.38. The number of amides is 1. The van der Waals surface area contributed by atoms with E-state index in [0.717, 1.165) is 11.3 Å². The predicted octanol–water partition coefficient (Wildman–Crippen LogP) is 0.820. The number of ether oxygens (including phenoxy) is 1. The summed E-state index contributed by atoms with van der Waals surface area (Å²) in [4.78, 5) is 13.5. The van der Waals surface area contributed by atoms with Crippen molar-refractivity contribution in [3.8, 4) is 0 Å². The van der Waals surface area contributed by atoms with Gasteiger partial charge in [0.1, 0.15) is 6.04 Å². The van der Waals surface area contributed by atoms with Gasteiger partial charge in [-0.3, -0.25) is 4.79 Å². The van der Waals surface area contributed by atoms with E-state index in [2.05, 4.69) is 0 Å². The molecule has 5 heteroatoms. The second-order valence-electron chi connectivity index (χ2n) is 4.67. The Morgan fingerprint density at radius 1 is 1.58 bits per heavy atom. The molecule has 3 N–H and O–H groups in total. The monoisotopic (exact) mass is 264 g/mol. The number of nitrogens with two attached hydrogens (primary N) is 1. The molecule has 5 nitrogen and oxygen atoms in total. The number of hydrogen-bond donors (Lipinski definition) is 2. The van der Waals surface area contributed by atoms with Crippen molar-refractivity contribution in [3.63, 3.8) is 0 Å². The molecule has 0 saturated carbocycles. The van der Waals surface area contributed by atoms with Crippen molar-refractivity contribution >= 4 is 11.6 Å². The lowest BCUT2D eigenvalue weighted by molar-refractivity contribution is -0.121. The largest absolute Gasteiger partial charge is 0.388 e. The maximum Gasteiger partial charge on any atom is 0.242 e. The van der Waals surface area contributed by atoms with Crippen LogP contribution in [0.4, 0.5) is 5.69 Å². The van der Waals surface area contributed by atoms with E-state index in [1.807, 2.05) is 36.1 Å². The van der Waals surface area contributed by atoms with E-state index in [1.54, 1.807) is 0 Å². The SMILES string of the molecule is CCC(O)c1ccccc1N1CCOCC1C(N)=O. The zero-order valence-electron chi connectivity index (χ0n) is 11.1. The van der Waals surface area contributed by atoms with E-state index in [0.29, 0.717) is 26.2 Å². The van der Waals surface area contributed by atoms with Crippen molar-refractivity contribution < 1.29 is 14.6 Å². The number of anilines is 1. The summed E-state index contributed by atoms with van der Waals surface area (Å²) in [6.07, 6.45) is 0.0929. The molecular formula is C14H20N2O3. The van der Waals surface area contributed by atoms with Gasteiger partial charge >= 0.3 is 0 Å². The first kappa shape index (κ1) is 13.8. The fourth-order valence-electron chi connectivity index (χ4n) is 2.38. The Morgan fingerprint density at radius 2 is 2.32 bits per heavy atom. The first-order chi connectivity index (χ1) is 9.15. The Morgan fingerprint density at radius 3 is 3.00 bits per heavy atom. The molecule has 1 fully saturated rings. The molecule has 0 aliphatic carbocycles. The summed E-state index contributed by atoms with van der Waals surface area (Å²) in [6, 6.07) is 7.11. The van der Waals surface area contributed by atoms with Crippen molar-refractivity contribution in [1.82, 2.24) is 0 Å². The molecule has 0 bridgehead atoms. The molecule has 0 spiro atoms. The number of aliphatic hydroxyl groups excluding tert-OH is 1. The van der Waals surface area contributed by atoms with Crippen LogP contribution in [0.1, 0.15) is 25.0 Å². The predicted molar refractivity (Wildman–Crippen MR) is 72.8 cm³/mol. The molecule has 1 aliphatic rings. The van der Waals surface area contributed by atoms with Crippen molar-refractivity contribution in [2.75, 3.05) is 24.7 Å². The molecule has 2 rings (SSSR count). The number of aliphatic hydroxyl groups is 1. The number of carbonyl (C=O) groups excluding carboxylic acids is 1. The smallest absolute Gasteiger partial charge is 0.242 e. The molecule has 2 atom stereocenters. The summed E-state index contributed by atoms with van der Waals surface area (Å²) in [5, 5.41) is 10.1. The van der Waals surface area contributed by atoms with Crippen molar-refractivity contribution in [1.29, 1.82) is 0 Å².